The minimum Gasteiger partial charge on any atom is -0.388 e. The zero-order chi connectivity index (χ0) is 10.9. The number of rotatable bonds is 1. The molecule has 1 fully saturated rings. The van der Waals surface area contributed by atoms with Gasteiger partial charge in [-0.05, 0) is 24.2 Å². The summed E-state index contributed by atoms with van der Waals surface area (Å²) >= 11 is 5.74. The summed E-state index contributed by atoms with van der Waals surface area (Å²) < 4.78 is 14.5. The van der Waals surface area contributed by atoms with Crippen LogP contribution in [-0.2, 0) is 5.67 Å². The molecule has 1 aromatic carbocycles. The topological polar surface area (TPSA) is 32.3 Å². The maximum absolute atomic E-state index is 14.5. The van der Waals surface area contributed by atoms with Gasteiger partial charge in [-0.25, -0.2) is 4.39 Å². The number of aliphatic hydroxyl groups is 1. The van der Waals surface area contributed by atoms with E-state index in [1.165, 1.54) is 0 Å². The Morgan fingerprint density at radius 2 is 2.07 bits per heavy atom. The van der Waals surface area contributed by atoms with Crippen molar-refractivity contribution >= 4 is 11.6 Å². The highest BCUT2D eigenvalue weighted by Gasteiger charge is 2.41. The molecular weight excluding hydrogens is 217 g/mol. The summed E-state index contributed by atoms with van der Waals surface area (Å²) in [5.41, 5.74) is -1.14. The van der Waals surface area contributed by atoms with Crippen LogP contribution in [0.3, 0.4) is 0 Å². The number of aliphatic hydroxyl groups excluding tert-OH is 1. The van der Waals surface area contributed by atoms with Crippen LogP contribution in [0.4, 0.5) is 4.39 Å². The number of piperidine rings is 1. The van der Waals surface area contributed by atoms with E-state index in [1.807, 2.05) is 0 Å². The first kappa shape index (κ1) is 10.9. The SMILES string of the molecule is O[C@H]1CNCC[C@]1(F)c1ccc(Cl)cc1. The highest BCUT2D eigenvalue weighted by molar-refractivity contribution is 6.30. The molecule has 0 aliphatic carbocycles. The molecule has 1 saturated heterocycles. The van der Waals surface area contributed by atoms with Gasteiger partial charge in [0.05, 0.1) is 0 Å². The molecule has 0 spiro atoms. The van der Waals surface area contributed by atoms with Crippen LogP contribution in [0.1, 0.15) is 12.0 Å². The number of nitrogens with one attached hydrogen (secondary N) is 1. The van der Waals surface area contributed by atoms with Crippen LogP contribution in [0, 0.1) is 0 Å². The lowest BCUT2D eigenvalue weighted by Crippen LogP contribution is -2.49. The van der Waals surface area contributed by atoms with Crippen LogP contribution in [0.25, 0.3) is 0 Å². The number of benzene rings is 1. The number of hydrogen-bond acceptors (Lipinski definition) is 2. The molecule has 0 aromatic heterocycles. The van der Waals surface area contributed by atoms with Crippen molar-refractivity contribution in [2.24, 2.45) is 0 Å². The summed E-state index contributed by atoms with van der Waals surface area (Å²) in [4.78, 5) is 0. The van der Waals surface area contributed by atoms with E-state index in [0.29, 0.717) is 23.7 Å². The molecule has 1 aliphatic rings. The summed E-state index contributed by atoms with van der Waals surface area (Å²) in [6.07, 6.45) is -0.706. The van der Waals surface area contributed by atoms with E-state index in [0.717, 1.165) is 0 Å². The first-order valence-corrected chi connectivity index (χ1v) is 5.34. The smallest absolute Gasteiger partial charge is 0.164 e. The van der Waals surface area contributed by atoms with Gasteiger partial charge in [0.15, 0.2) is 5.67 Å². The van der Waals surface area contributed by atoms with Crippen molar-refractivity contribution in [3.8, 4) is 0 Å². The maximum atomic E-state index is 14.5. The summed E-state index contributed by atoms with van der Waals surface area (Å²) in [5.74, 6) is 0. The molecule has 2 nitrogen and oxygen atoms in total. The molecule has 1 aliphatic heterocycles. The van der Waals surface area contributed by atoms with Gasteiger partial charge in [0, 0.05) is 18.0 Å². The quantitative estimate of drug-likeness (QED) is 0.771. The Balaban J connectivity index is 2.30. The molecule has 0 unspecified atom stereocenters. The molecule has 0 saturated carbocycles. The average molecular weight is 230 g/mol. The van der Waals surface area contributed by atoms with E-state index in [4.69, 9.17) is 11.6 Å². The van der Waals surface area contributed by atoms with Gasteiger partial charge in [0.25, 0.3) is 0 Å². The molecule has 2 N–H and O–H groups in total. The molecule has 1 aromatic rings. The van der Waals surface area contributed by atoms with Crippen molar-refractivity contribution in [3.63, 3.8) is 0 Å². The second kappa shape index (κ2) is 4.08. The Bertz CT molecular complexity index is 343. The summed E-state index contributed by atoms with van der Waals surface area (Å²) in [6.45, 7) is 0.870. The van der Waals surface area contributed by atoms with E-state index in [9.17, 15) is 9.50 Å². The summed E-state index contributed by atoms with van der Waals surface area (Å²) in [5, 5.41) is 13.2. The van der Waals surface area contributed by atoms with Crippen LogP contribution in [0.5, 0.6) is 0 Å². The molecule has 15 heavy (non-hydrogen) atoms. The van der Waals surface area contributed by atoms with E-state index in [-0.39, 0.29) is 6.42 Å². The molecule has 2 atom stereocenters. The number of hydrogen-bond donors (Lipinski definition) is 2. The first-order chi connectivity index (χ1) is 7.13. The van der Waals surface area contributed by atoms with Crippen molar-refractivity contribution in [2.45, 2.75) is 18.2 Å². The molecular formula is C11H13ClFNO. The molecule has 82 valence electrons. The fourth-order valence-electron chi connectivity index (χ4n) is 1.90. The maximum Gasteiger partial charge on any atom is 0.164 e. The van der Waals surface area contributed by atoms with Crippen molar-refractivity contribution in [3.05, 3.63) is 34.9 Å². The van der Waals surface area contributed by atoms with Crippen LogP contribution in [-0.4, -0.2) is 24.3 Å². The summed E-state index contributed by atoms with van der Waals surface area (Å²) in [6, 6.07) is 6.56. The third-order valence-electron chi connectivity index (χ3n) is 2.86. The minimum atomic E-state index is -1.64. The van der Waals surface area contributed by atoms with E-state index in [2.05, 4.69) is 5.32 Å². The third kappa shape index (κ3) is 2.00. The molecule has 2 rings (SSSR count). The van der Waals surface area contributed by atoms with Crippen molar-refractivity contribution in [1.82, 2.24) is 5.32 Å². The fourth-order valence-corrected chi connectivity index (χ4v) is 2.03. The molecule has 1 heterocycles. The number of halogens is 2. The molecule has 0 amide bonds. The highest BCUT2D eigenvalue weighted by atomic mass is 35.5. The first-order valence-electron chi connectivity index (χ1n) is 4.97. The standard InChI is InChI=1S/C11H13ClFNO/c12-9-3-1-8(2-4-9)11(13)5-6-14-7-10(11)15/h1-4,10,14-15H,5-7H2/t10-,11-/m0/s1. The predicted molar refractivity (Wildman–Crippen MR) is 57.7 cm³/mol. The molecule has 0 bridgehead atoms. The van der Waals surface area contributed by atoms with E-state index < -0.39 is 11.8 Å². The van der Waals surface area contributed by atoms with Crippen LogP contribution in [0.15, 0.2) is 24.3 Å². The number of alkyl halides is 1. The largest absolute Gasteiger partial charge is 0.388 e. The Labute approximate surface area is 93.1 Å². The molecule has 4 heteroatoms. The van der Waals surface area contributed by atoms with Gasteiger partial charge in [0.1, 0.15) is 6.10 Å². The van der Waals surface area contributed by atoms with Crippen LogP contribution in [0.2, 0.25) is 5.02 Å². The normalized spacial score (nSPS) is 31.5. The van der Waals surface area contributed by atoms with E-state index >= 15 is 0 Å². The van der Waals surface area contributed by atoms with Gasteiger partial charge < -0.3 is 10.4 Å². The third-order valence-corrected chi connectivity index (χ3v) is 3.11. The monoisotopic (exact) mass is 229 g/mol. The summed E-state index contributed by atoms with van der Waals surface area (Å²) in [7, 11) is 0. The predicted octanol–water partition coefficient (Wildman–Crippen LogP) is 1.86. The zero-order valence-electron chi connectivity index (χ0n) is 8.21. The lowest BCUT2D eigenvalue weighted by molar-refractivity contribution is -0.0345. The van der Waals surface area contributed by atoms with Crippen molar-refractivity contribution < 1.29 is 9.50 Å². The average Bonchev–Trinajstić information content (AvgIpc) is 2.23. The Morgan fingerprint density at radius 1 is 1.40 bits per heavy atom. The Morgan fingerprint density at radius 3 is 2.67 bits per heavy atom. The van der Waals surface area contributed by atoms with E-state index in [1.54, 1.807) is 24.3 Å². The second-order valence-corrected chi connectivity index (χ2v) is 4.28. The van der Waals surface area contributed by atoms with Gasteiger partial charge in [0.2, 0.25) is 0 Å². The van der Waals surface area contributed by atoms with Gasteiger partial charge in [-0.1, -0.05) is 23.7 Å². The molecule has 0 radical (unpaired) electrons. The lowest BCUT2D eigenvalue weighted by Gasteiger charge is -2.35. The van der Waals surface area contributed by atoms with Gasteiger partial charge >= 0.3 is 0 Å². The van der Waals surface area contributed by atoms with Crippen molar-refractivity contribution in [1.29, 1.82) is 0 Å². The Hall–Kier alpha value is -0.640. The minimum absolute atomic E-state index is 0.287. The zero-order valence-corrected chi connectivity index (χ0v) is 8.97. The highest BCUT2D eigenvalue weighted by Crippen LogP contribution is 2.35. The second-order valence-electron chi connectivity index (χ2n) is 3.84. The van der Waals surface area contributed by atoms with Crippen LogP contribution >= 0.6 is 11.6 Å². The van der Waals surface area contributed by atoms with Gasteiger partial charge in [-0.15, -0.1) is 0 Å². The number of β-amino-alcohol motifs (C(OH)–C–C–N with tert-alkyl or cyclic N) is 1. The Kier molecular flexibility index (Phi) is 2.96. The van der Waals surface area contributed by atoms with Crippen molar-refractivity contribution in [2.75, 3.05) is 13.1 Å². The van der Waals surface area contributed by atoms with Crippen LogP contribution < -0.4 is 5.32 Å². The lowest BCUT2D eigenvalue weighted by atomic mass is 9.85. The fraction of sp³-hybridized carbons (Fsp3) is 0.455. The van der Waals surface area contributed by atoms with Gasteiger partial charge in [-0.3, -0.25) is 0 Å². The van der Waals surface area contributed by atoms with Gasteiger partial charge in [-0.2, -0.15) is 0 Å².